The van der Waals surface area contributed by atoms with Gasteiger partial charge in [-0.25, -0.2) is 0 Å². The first kappa shape index (κ1) is 19.8. The number of carbonyl (C=O) groups is 2. The predicted octanol–water partition coefficient (Wildman–Crippen LogP) is 1.27. The molecule has 27 heavy (non-hydrogen) atoms. The first-order valence-corrected chi connectivity index (χ1v) is 10.1. The van der Waals surface area contributed by atoms with Crippen molar-refractivity contribution < 1.29 is 9.59 Å². The van der Waals surface area contributed by atoms with Crippen molar-refractivity contribution in [1.29, 1.82) is 0 Å². The molecule has 2 amide bonds. The van der Waals surface area contributed by atoms with E-state index in [1.807, 2.05) is 54.1 Å². The second-order valence-electron chi connectivity index (χ2n) is 7.76. The maximum Gasteiger partial charge on any atom is 0.239 e. The average molecular weight is 373 g/mol. The van der Waals surface area contributed by atoms with Crippen molar-refractivity contribution in [2.45, 2.75) is 32.4 Å². The van der Waals surface area contributed by atoms with Crippen LogP contribution in [0, 0.1) is 0 Å². The molecule has 1 aromatic rings. The Morgan fingerprint density at radius 1 is 1.00 bits per heavy atom. The molecule has 0 N–H and O–H groups in total. The second kappa shape index (κ2) is 9.33. The average Bonchev–Trinajstić information content (AvgIpc) is 3.23. The topological polar surface area (TPSA) is 47.1 Å². The van der Waals surface area contributed by atoms with Crippen LogP contribution in [0.25, 0.3) is 0 Å². The monoisotopic (exact) mass is 372 g/mol. The molecule has 1 atom stereocenters. The summed E-state index contributed by atoms with van der Waals surface area (Å²) in [4.78, 5) is 33.4. The van der Waals surface area contributed by atoms with Gasteiger partial charge >= 0.3 is 0 Å². The van der Waals surface area contributed by atoms with Crippen molar-refractivity contribution in [3.63, 3.8) is 0 Å². The highest BCUT2D eigenvalue weighted by Gasteiger charge is 2.29. The van der Waals surface area contributed by atoms with E-state index in [-0.39, 0.29) is 17.9 Å². The summed E-state index contributed by atoms with van der Waals surface area (Å²) >= 11 is 0. The van der Waals surface area contributed by atoms with E-state index < -0.39 is 0 Å². The fourth-order valence-corrected chi connectivity index (χ4v) is 3.98. The number of rotatable bonds is 6. The number of benzene rings is 1. The van der Waals surface area contributed by atoms with Crippen molar-refractivity contribution in [1.82, 2.24) is 19.6 Å². The van der Waals surface area contributed by atoms with E-state index in [4.69, 9.17) is 0 Å². The molecular formula is C21H32N4O2. The Balaban J connectivity index is 1.44. The fraction of sp³-hybridized carbons (Fsp3) is 0.619. The Morgan fingerprint density at radius 3 is 2.26 bits per heavy atom. The number of carbonyl (C=O) groups excluding carboxylic acids is 2. The molecule has 0 spiro atoms. The Morgan fingerprint density at radius 2 is 1.63 bits per heavy atom. The maximum absolute atomic E-state index is 12.8. The molecule has 0 saturated carbocycles. The van der Waals surface area contributed by atoms with Crippen molar-refractivity contribution in [2.75, 3.05) is 52.9 Å². The minimum Gasteiger partial charge on any atom is -0.342 e. The molecule has 2 aliphatic rings. The smallest absolute Gasteiger partial charge is 0.239 e. The van der Waals surface area contributed by atoms with Gasteiger partial charge in [0.1, 0.15) is 0 Å². The predicted molar refractivity (Wildman–Crippen MR) is 106 cm³/mol. The number of hydrogen-bond donors (Lipinski definition) is 0. The van der Waals surface area contributed by atoms with Gasteiger partial charge in [0.2, 0.25) is 11.8 Å². The van der Waals surface area contributed by atoms with Crippen LogP contribution in [0.2, 0.25) is 0 Å². The van der Waals surface area contributed by atoms with E-state index in [0.717, 1.165) is 57.7 Å². The van der Waals surface area contributed by atoms with Crippen molar-refractivity contribution >= 4 is 11.8 Å². The van der Waals surface area contributed by atoms with Crippen molar-refractivity contribution in [3.05, 3.63) is 35.9 Å². The lowest BCUT2D eigenvalue weighted by Gasteiger charge is -2.38. The Bertz CT molecular complexity index is 622. The fourth-order valence-electron chi connectivity index (χ4n) is 3.98. The normalized spacial score (nSPS) is 19.9. The molecule has 3 rings (SSSR count). The van der Waals surface area contributed by atoms with Gasteiger partial charge in [0.25, 0.3) is 0 Å². The first-order chi connectivity index (χ1) is 13.0. The molecule has 0 aliphatic carbocycles. The van der Waals surface area contributed by atoms with Crippen molar-refractivity contribution in [2.24, 2.45) is 0 Å². The third-order valence-corrected chi connectivity index (χ3v) is 5.77. The van der Waals surface area contributed by atoms with Crippen molar-refractivity contribution in [3.8, 4) is 0 Å². The summed E-state index contributed by atoms with van der Waals surface area (Å²) in [6.07, 6.45) is 2.27. The summed E-state index contributed by atoms with van der Waals surface area (Å²) in [6, 6.07) is 9.95. The Hall–Kier alpha value is -1.92. The zero-order valence-corrected chi connectivity index (χ0v) is 16.6. The van der Waals surface area contributed by atoms with Crippen LogP contribution in [-0.4, -0.2) is 90.3 Å². The third-order valence-electron chi connectivity index (χ3n) is 5.77. The number of hydrogen-bond acceptors (Lipinski definition) is 4. The van der Waals surface area contributed by atoms with Gasteiger partial charge in [-0.05, 0) is 25.3 Å². The quantitative estimate of drug-likeness (QED) is 0.755. The molecule has 0 bridgehead atoms. The lowest BCUT2D eigenvalue weighted by molar-refractivity contribution is -0.137. The van der Waals surface area contributed by atoms with Crippen LogP contribution in [-0.2, 0) is 16.1 Å². The highest BCUT2D eigenvalue weighted by molar-refractivity contribution is 5.81. The van der Waals surface area contributed by atoms with Crippen LogP contribution in [0.1, 0.15) is 25.3 Å². The largest absolute Gasteiger partial charge is 0.342 e. The van der Waals surface area contributed by atoms with E-state index in [2.05, 4.69) is 9.80 Å². The number of piperazine rings is 1. The van der Waals surface area contributed by atoms with E-state index in [0.29, 0.717) is 13.1 Å². The molecule has 2 fully saturated rings. The highest BCUT2D eigenvalue weighted by atomic mass is 16.2. The summed E-state index contributed by atoms with van der Waals surface area (Å²) < 4.78 is 0. The van der Waals surface area contributed by atoms with Crippen LogP contribution < -0.4 is 0 Å². The van der Waals surface area contributed by atoms with E-state index in [9.17, 15) is 9.59 Å². The second-order valence-corrected chi connectivity index (χ2v) is 7.76. The number of likely N-dealkylation sites (N-methyl/N-ethyl adjacent to an activating group) is 1. The van der Waals surface area contributed by atoms with E-state index in [1.165, 1.54) is 0 Å². The maximum atomic E-state index is 12.8. The van der Waals surface area contributed by atoms with Gasteiger partial charge in [0.05, 0.1) is 12.6 Å². The van der Waals surface area contributed by atoms with Gasteiger partial charge in [-0.3, -0.25) is 19.4 Å². The SMILES string of the molecule is CC(C(=O)N(C)Cc1ccccc1)N1CCN(CC(=O)N2CCCC2)CC1. The zero-order valence-electron chi connectivity index (χ0n) is 16.6. The summed E-state index contributed by atoms with van der Waals surface area (Å²) in [5.41, 5.74) is 1.14. The van der Waals surface area contributed by atoms with Crippen LogP contribution >= 0.6 is 0 Å². The lowest BCUT2D eigenvalue weighted by Crippen LogP contribution is -2.55. The minimum atomic E-state index is -0.129. The zero-order chi connectivity index (χ0) is 19.2. The van der Waals surface area contributed by atoms with Crippen LogP contribution in [0.3, 0.4) is 0 Å². The minimum absolute atomic E-state index is 0.129. The Labute approximate surface area is 162 Å². The molecule has 0 radical (unpaired) electrons. The Kier molecular flexibility index (Phi) is 6.85. The first-order valence-electron chi connectivity index (χ1n) is 10.1. The summed E-state index contributed by atoms with van der Waals surface area (Å²) in [5.74, 6) is 0.410. The number of amides is 2. The molecule has 1 unspecified atom stereocenters. The molecule has 6 nitrogen and oxygen atoms in total. The summed E-state index contributed by atoms with van der Waals surface area (Å²) in [5, 5.41) is 0. The van der Waals surface area contributed by atoms with E-state index in [1.54, 1.807) is 0 Å². The van der Waals surface area contributed by atoms with Crippen LogP contribution in [0.4, 0.5) is 0 Å². The summed E-state index contributed by atoms with van der Waals surface area (Å²) in [7, 11) is 1.87. The van der Waals surface area contributed by atoms with Gasteiger partial charge in [0, 0.05) is 52.9 Å². The van der Waals surface area contributed by atoms with E-state index >= 15 is 0 Å². The number of likely N-dealkylation sites (tertiary alicyclic amines) is 1. The molecule has 6 heteroatoms. The van der Waals surface area contributed by atoms with Gasteiger partial charge in [-0.15, -0.1) is 0 Å². The molecule has 148 valence electrons. The van der Waals surface area contributed by atoms with Crippen LogP contribution in [0.15, 0.2) is 30.3 Å². The third kappa shape index (κ3) is 5.30. The van der Waals surface area contributed by atoms with Gasteiger partial charge in [-0.1, -0.05) is 30.3 Å². The molecule has 2 saturated heterocycles. The van der Waals surface area contributed by atoms with Gasteiger partial charge in [-0.2, -0.15) is 0 Å². The molecule has 2 aliphatic heterocycles. The van der Waals surface area contributed by atoms with Crippen LogP contribution in [0.5, 0.6) is 0 Å². The van der Waals surface area contributed by atoms with Gasteiger partial charge < -0.3 is 9.80 Å². The molecule has 0 aromatic heterocycles. The highest BCUT2D eigenvalue weighted by Crippen LogP contribution is 2.12. The summed E-state index contributed by atoms with van der Waals surface area (Å²) in [6.45, 7) is 8.33. The standard InChI is InChI=1S/C21H32N4O2/c1-18(21(27)22(2)16-19-8-4-3-5-9-19)24-14-12-23(13-15-24)17-20(26)25-10-6-7-11-25/h3-5,8-9,18H,6-7,10-17H2,1-2H3. The molecular weight excluding hydrogens is 340 g/mol. The number of nitrogens with zero attached hydrogens (tertiary/aromatic N) is 4. The lowest BCUT2D eigenvalue weighted by atomic mass is 10.1. The molecule has 1 aromatic carbocycles. The molecule has 2 heterocycles. The van der Waals surface area contributed by atoms with Gasteiger partial charge in [0.15, 0.2) is 0 Å².